The van der Waals surface area contributed by atoms with Gasteiger partial charge in [0.25, 0.3) is 0 Å². The predicted molar refractivity (Wildman–Crippen MR) is 110 cm³/mol. The van der Waals surface area contributed by atoms with Crippen LogP contribution < -0.4 is 5.32 Å². The molecular weight excluding hydrogens is 384 g/mol. The molecule has 0 atom stereocenters. The van der Waals surface area contributed by atoms with Gasteiger partial charge in [-0.1, -0.05) is 29.3 Å². The fraction of sp³-hybridized carbons (Fsp3) is 0.350. The molecule has 2 aromatic carbocycles. The molecular formula is C20H25ClN2O3S. The van der Waals surface area contributed by atoms with E-state index in [1.54, 1.807) is 24.1 Å². The van der Waals surface area contributed by atoms with Gasteiger partial charge in [-0.15, -0.1) is 0 Å². The molecule has 1 N–H and O–H groups in total. The first kappa shape index (κ1) is 21.4. The maximum atomic E-state index is 12.4. The largest absolute Gasteiger partial charge is 0.324 e. The van der Waals surface area contributed by atoms with E-state index in [4.69, 9.17) is 11.6 Å². The summed E-state index contributed by atoms with van der Waals surface area (Å²) in [6.07, 6.45) is 0. The van der Waals surface area contributed by atoms with Crippen LogP contribution in [0.5, 0.6) is 0 Å². The third kappa shape index (κ3) is 6.06. The maximum absolute atomic E-state index is 12.4. The molecule has 2 aromatic rings. The van der Waals surface area contributed by atoms with Crippen molar-refractivity contribution in [1.29, 1.82) is 0 Å². The first-order valence-corrected chi connectivity index (χ1v) is 10.7. The zero-order valence-electron chi connectivity index (χ0n) is 16.0. The zero-order valence-corrected chi connectivity index (χ0v) is 17.6. The van der Waals surface area contributed by atoms with Crippen molar-refractivity contribution >= 4 is 33.0 Å². The molecule has 0 unspecified atom stereocenters. The molecule has 146 valence electrons. The third-order valence-electron chi connectivity index (χ3n) is 4.27. The molecule has 0 fully saturated rings. The number of halogens is 1. The van der Waals surface area contributed by atoms with Crippen LogP contribution >= 0.6 is 11.6 Å². The number of carbonyl (C=O) groups excluding carboxylic acids is 1. The lowest BCUT2D eigenvalue weighted by Crippen LogP contribution is -2.33. The van der Waals surface area contributed by atoms with Gasteiger partial charge in [0, 0.05) is 17.3 Å². The second-order valence-corrected chi connectivity index (χ2v) is 9.38. The molecule has 0 aliphatic heterocycles. The molecule has 0 aliphatic carbocycles. The van der Waals surface area contributed by atoms with Gasteiger partial charge in [-0.2, -0.15) is 0 Å². The molecule has 7 heteroatoms. The molecule has 0 aromatic heterocycles. The lowest BCUT2D eigenvalue weighted by molar-refractivity contribution is -0.117. The SMILES string of the molecule is Cc1cc(C)c(NC(=O)CN(C)CCS(=O)(=O)c2ccc(Cl)cc2)c(C)c1. The van der Waals surface area contributed by atoms with Gasteiger partial charge in [0.1, 0.15) is 0 Å². The van der Waals surface area contributed by atoms with Crippen molar-refractivity contribution in [2.45, 2.75) is 25.7 Å². The summed E-state index contributed by atoms with van der Waals surface area (Å²) >= 11 is 5.80. The smallest absolute Gasteiger partial charge is 0.238 e. The van der Waals surface area contributed by atoms with E-state index in [1.165, 1.54) is 12.1 Å². The number of amides is 1. The second-order valence-electron chi connectivity index (χ2n) is 6.83. The molecule has 0 bridgehead atoms. The third-order valence-corrected chi connectivity index (χ3v) is 6.23. The van der Waals surface area contributed by atoms with Crippen LogP contribution in [0.25, 0.3) is 0 Å². The lowest BCUT2D eigenvalue weighted by atomic mass is 10.1. The van der Waals surface area contributed by atoms with Crippen LogP contribution in [-0.4, -0.2) is 45.1 Å². The highest BCUT2D eigenvalue weighted by molar-refractivity contribution is 7.91. The first-order valence-electron chi connectivity index (χ1n) is 8.63. The van der Waals surface area contributed by atoms with Crippen molar-refractivity contribution in [3.05, 3.63) is 58.1 Å². The maximum Gasteiger partial charge on any atom is 0.238 e. The van der Waals surface area contributed by atoms with Crippen LogP contribution in [0.2, 0.25) is 5.02 Å². The number of hydrogen-bond donors (Lipinski definition) is 1. The monoisotopic (exact) mass is 408 g/mol. The van der Waals surface area contributed by atoms with E-state index >= 15 is 0 Å². The van der Waals surface area contributed by atoms with E-state index in [-0.39, 0.29) is 29.6 Å². The Hall–Kier alpha value is -1.89. The number of benzene rings is 2. The molecule has 0 saturated heterocycles. The van der Waals surface area contributed by atoms with Crippen LogP contribution in [-0.2, 0) is 14.6 Å². The number of nitrogens with one attached hydrogen (secondary N) is 1. The minimum absolute atomic E-state index is 0.0685. The number of aryl methyl sites for hydroxylation is 3. The van der Waals surface area contributed by atoms with E-state index in [0.29, 0.717) is 5.02 Å². The zero-order chi connectivity index (χ0) is 20.2. The summed E-state index contributed by atoms with van der Waals surface area (Å²) in [7, 11) is -1.69. The van der Waals surface area contributed by atoms with Crippen molar-refractivity contribution in [2.24, 2.45) is 0 Å². The number of hydrogen-bond acceptors (Lipinski definition) is 4. The van der Waals surface area contributed by atoms with E-state index in [9.17, 15) is 13.2 Å². The van der Waals surface area contributed by atoms with Gasteiger partial charge in [-0.05, 0) is 63.2 Å². The van der Waals surface area contributed by atoms with Crippen LogP contribution in [0.4, 0.5) is 5.69 Å². The Morgan fingerprint density at radius 3 is 2.19 bits per heavy atom. The minimum Gasteiger partial charge on any atom is -0.324 e. The van der Waals surface area contributed by atoms with Gasteiger partial charge in [0.05, 0.1) is 17.2 Å². The van der Waals surface area contributed by atoms with Crippen LogP contribution in [0, 0.1) is 20.8 Å². The van der Waals surface area contributed by atoms with Gasteiger partial charge in [0.2, 0.25) is 5.91 Å². The van der Waals surface area contributed by atoms with E-state index in [0.717, 1.165) is 22.4 Å². The van der Waals surface area contributed by atoms with E-state index in [2.05, 4.69) is 5.32 Å². The molecule has 1 amide bonds. The van der Waals surface area contributed by atoms with Gasteiger partial charge in [-0.3, -0.25) is 9.69 Å². The Bertz CT molecular complexity index is 902. The summed E-state index contributed by atoms with van der Waals surface area (Å²) in [6.45, 7) is 6.30. The average Bonchev–Trinajstić information content (AvgIpc) is 2.57. The Labute approximate surface area is 166 Å². The summed E-state index contributed by atoms with van der Waals surface area (Å²) in [5.74, 6) is -0.238. The molecule has 0 aliphatic rings. The highest BCUT2D eigenvalue weighted by Gasteiger charge is 2.17. The van der Waals surface area contributed by atoms with Crippen LogP contribution in [0.3, 0.4) is 0 Å². The molecule has 0 radical (unpaired) electrons. The predicted octanol–water partition coefficient (Wildman–Crippen LogP) is 3.61. The normalized spacial score (nSPS) is 11.6. The Morgan fingerprint density at radius 1 is 1.07 bits per heavy atom. The Balaban J connectivity index is 1.93. The van der Waals surface area contributed by atoms with Gasteiger partial charge in [-0.25, -0.2) is 8.42 Å². The lowest BCUT2D eigenvalue weighted by Gasteiger charge is -2.18. The summed E-state index contributed by atoms with van der Waals surface area (Å²) in [4.78, 5) is 14.3. The number of rotatable bonds is 7. The number of likely N-dealkylation sites (N-methyl/N-ethyl adjacent to an activating group) is 1. The van der Waals surface area contributed by atoms with Crippen molar-refractivity contribution < 1.29 is 13.2 Å². The van der Waals surface area contributed by atoms with Gasteiger partial charge < -0.3 is 5.32 Å². The molecule has 0 heterocycles. The fourth-order valence-corrected chi connectivity index (χ4v) is 4.38. The fourth-order valence-electron chi connectivity index (χ4n) is 2.92. The van der Waals surface area contributed by atoms with Crippen molar-refractivity contribution in [3.8, 4) is 0 Å². The number of nitrogens with zero attached hydrogens (tertiary/aromatic N) is 1. The number of anilines is 1. The summed E-state index contributed by atoms with van der Waals surface area (Å²) in [5.41, 5.74) is 3.97. The molecule has 0 spiro atoms. The first-order chi connectivity index (χ1) is 12.6. The quantitative estimate of drug-likeness (QED) is 0.759. The van der Waals surface area contributed by atoms with Crippen molar-refractivity contribution in [1.82, 2.24) is 4.90 Å². The van der Waals surface area contributed by atoms with Crippen molar-refractivity contribution in [2.75, 3.05) is 31.2 Å². The Kier molecular flexibility index (Phi) is 7.03. The highest BCUT2D eigenvalue weighted by Crippen LogP contribution is 2.22. The topological polar surface area (TPSA) is 66.5 Å². The van der Waals surface area contributed by atoms with Gasteiger partial charge >= 0.3 is 0 Å². The summed E-state index contributed by atoms with van der Waals surface area (Å²) < 4.78 is 24.8. The highest BCUT2D eigenvalue weighted by atomic mass is 35.5. The van der Waals surface area contributed by atoms with E-state index < -0.39 is 9.84 Å². The molecule has 2 rings (SSSR count). The minimum atomic E-state index is -3.42. The second kappa shape index (κ2) is 8.87. The average molecular weight is 409 g/mol. The molecule has 5 nitrogen and oxygen atoms in total. The number of carbonyl (C=O) groups is 1. The standard InChI is InChI=1S/C20H25ClN2O3S/c1-14-11-15(2)20(16(3)12-14)22-19(24)13-23(4)9-10-27(25,26)18-7-5-17(21)6-8-18/h5-8,11-12H,9-10,13H2,1-4H3,(H,22,24). The van der Waals surface area contributed by atoms with E-state index in [1.807, 2.05) is 32.9 Å². The summed E-state index contributed by atoms with van der Waals surface area (Å²) in [6, 6.07) is 10.1. The number of sulfone groups is 1. The van der Waals surface area contributed by atoms with Gasteiger partial charge in [0.15, 0.2) is 9.84 Å². The molecule has 0 saturated carbocycles. The Morgan fingerprint density at radius 2 is 1.63 bits per heavy atom. The summed E-state index contributed by atoms with van der Waals surface area (Å²) in [5, 5.41) is 3.42. The molecule has 27 heavy (non-hydrogen) atoms. The van der Waals surface area contributed by atoms with Crippen molar-refractivity contribution in [3.63, 3.8) is 0 Å². The van der Waals surface area contributed by atoms with Crippen LogP contribution in [0.15, 0.2) is 41.3 Å². The van der Waals surface area contributed by atoms with Crippen LogP contribution in [0.1, 0.15) is 16.7 Å².